The molecule has 1 aromatic rings. The van der Waals surface area contributed by atoms with Crippen LogP contribution in [0.15, 0.2) is 16.5 Å². The number of hydrogen-bond acceptors (Lipinski definition) is 3. The fourth-order valence-corrected chi connectivity index (χ4v) is 1.32. The number of furan rings is 1. The predicted molar refractivity (Wildman–Crippen MR) is 56.2 cm³/mol. The van der Waals surface area contributed by atoms with Crippen LogP contribution in [0.5, 0.6) is 0 Å². The molecule has 0 aromatic carbocycles. The first kappa shape index (κ1) is 11.3. The van der Waals surface area contributed by atoms with E-state index in [1.165, 1.54) is 0 Å². The van der Waals surface area contributed by atoms with Crippen LogP contribution in [0.1, 0.15) is 25.4 Å². The lowest BCUT2D eigenvalue weighted by atomic mass is 10.1. The molecule has 3 nitrogen and oxygen atoms in total. The normalized spacial score (nSPS) is 12.0. The van der Waals surface area contributed by atoms with Gasteiger partial charge in [0.15, 0.2) is 0 Å². The van der Waals surface area contributed by atoms with Gasteiger partial charge in [-0.3, -0.25) is 0 Å². The van der Waals surface area contributed by atoms with E-state index in [0.717, 1.165) is 18.1 Å². The molecule has 1 rings (SSSR count). The van der Waals surface area contributed by atoms with E-state index in [4.69, 9.17) is 9.15 Å². The Balaban J connectivity index is 2.40. The zero-order valence-electron chi connectivity index (χ0n) is 9.39. The van der Waals surface area contributed by atoms with Crippen LogP contribution in [-0.4, -0.2) is 19.3 Å². The Labute approximate surface area is 85.4 Å². The number of ether oxygens (including phenoxy) is 1. The highest BCUT2D eigenvalue weighted by atomic mass is 16.5. The minimum Gasteiger partial charge on any atom is -0.465 e. The third kappa shape index (κ3) is 3.52. The summed E-state index contributed by atoms with van der Waals surface area (Å²) in [4.78, 5) is 0. The summed E-state index contributed by atoms with van der Waals surface area (Å²) in [7, 11) is 1.71. The maximum absolute atomic E-state index is 5.45. The summed E-state index contributed by atoms with van der Waals surface area (Å²) < 4.78 is 10.6. The van der Waals surface area contributed by atoms with Crippen molar-refractivity contribution in [3.05, 3.63) is 23.7 Å². The maximum Gasteiger partial charge on any atom is 0.117 e. The van der Waals surface area contributed by atoms with E-state index in [9.17, 15) is 0 Å². The van der Waals surface area contributed by atoms with Gasteiger partial charge in [-0.15, -0.1) is 0 Å². The van der Waals surface area contributed by atoms with Crippen molar-refractivity contribution < 1.29 is 9.15 Å². The monoisotopic (exact) mass is 197 g/mol. The molecule has 1 aromatic heterocycles. The number of rotatable bonds is 5. The molecule has 0 aliphatic rings. The van der Waals surface area contributed by atoms with Gasteiger partial charge in [0.25, 0.3) is 0 Å². The Kier molecular flexibility index (Phi) is 3.72. The Bertz CT molecular complexity index is 279. The second kappa shape index (κ2) is 4.62. The van der Waals surface area contributed by atoms with Gasteiger partial charge in [-0.05, 0) is 32.9 Å². The zero-order chi connectivity index (χ0) is 10.6. The first-order valence-electron chi connectivity index (χ1n) is 4.83. The van der Waals surface area contributed by atoms with E-state index in [-0.39, 0.29) is 5.54 Å². The molecule has 0 atom stereocenters. The van der Waals surface area contributed by atoms with Crippen LogP contribution in [-0.2, 0) is 11.3 Å². The molecule has 14 heavy (non-hydrogen) atoms. The van der Waals surface area contributed by atoms with Crippen molar-refractivity contribution in [2.75, 3.05) is 13.7 Å². The lowest BCUT2D eigenvalue weighted by Crippen LogP contribution is -2.42. The molecule has 0 saturated heterocycles. The summed E-state index contributed by atoms with van der Waals surface area (Å²) in [5.41, 5.74) is -0.0184. The number of aryl methyl sites for hydroxylation is 1. The molecule has 3 heteroatoms. The van der Waals surface area contributed by atoms with Crippen molar-refractivity contribution in [1.29, 1.82) is 0 Å². The predicted octanol–water partition coefficient (Wildman–Crippen LogP) is 2.10. The molecule has 1 heterocycles. The van der Waals surface area contributed by atoms with Gasteiger partial charge in [-0.25, -0.2) is 0 Å². The van der Waals surface area contributed by atoms with Crippen LogP contribution in [0.2, 0.25) is 0 Å². The van der Waals surface area contributed by atoms with Gasteiger partial charge in [0.2, 0.25) is 0 Å². The first-order chi connectivity index (χ1) is 6.53. The van der Waals surface area contributed by atoms with Crippen molar-refractivity contribution in [3.8, 4) is 0 Å². The summed E-state index contributed by atoms with van der Waals surface area (Å²) in [6.45, 7) is 7.58. The molecule has 0 aliphatic carbocycles. The summed E-state index contributed by atoms with van der Waals surface area (Å²) >= 11 is 0. The van der Waals surface area contributed by atoms with Gasteiger partial charge in [-0.1, -0.05) is 0 Å². The molecule has 0 fully saturated rings. The van der Waals surface area contributed by atoms with Crippen molar-refractivity contribution in [2.45, 2.75) is 32.9 Å². The molecule has 0 radical (unpaired) electrons. The van der Waals surface area contributed by atoms with Crippen LogP contribution in [0.3, 0.4) is 0 Å². The van der Waals surface area contributed by atoms with Gasteiger partial charge in [0.05, 0.1) is 13.2 Å². The van der Waals surface area contributed by atoms with E-state index in [1.807, 2.05) is 19.1 Å². The van der Waals surface area contributed by atoms with Crippen molar-refractivity contribution in [3.63, 3.8) is 0 Å². The third-order valence-electron chi connectivity index (χ3n) is 2.04. The lowest BCUT2D eigenvalue weighted by Gasteiger charge is -2.24. The highest BCUT2D eigenvalue weighted by molar-refractivity contribution is 5.05. The fraction of sp³-hybridized carbons (Fsp3) is 0.636. The Morgan fingerprint density at radius 2 is 2.14 bits per heavy atom. The van der Waals surface area contributed by atoms with E-state index in [0.29, 0.717) is 6.61 Å². The average molecular weight is 197 g/mol. The topological polar surface area (TPSA) is 34.4 Å². The van der Waals surface area contributed by atoms with Crippen molar-refractivity contribution in [2.24, 2.45) is 0 Å². The smallest absolute Gasteiger partial charge is 0.117 e. The van der Waals surface area contributed by atoms with Crippen LogP contribution < -0.4 is 5.32 Å². The number of nitrogens with one attached hydrogen (secondary N) is 1. The first-order valence-corrected chi connectivity index (χ1v) is 4.83. The Hall–Kier alpha value is -0.800. The second-order valence-corrected chi connectivity index (χ2v) is 4.18. The minimum absolute atomic E-state index is 0.0184. The van der Waals surface area contributed by atoms with Crippen molar-refractivity contribution in [1.82, 2.24) is 5.32 Å². The van der Waals surface area contributed by atoms with Gasteiger partial charge >= 0.3 is 0 Å². The molecule has 0 saturated carbocycles. The van der Waals surface area contributed by atoms with E-state index in [2.05, 4.69) is 19.2 Å². The Morgan fingerprint density at radius 3 is 2.64 bits per heavy atom. The maximum atomic E-state index is 5.45. The summed E-state index contributed by atoms with van der Waals surface area (Å²) in [6.07, 6.45) is 0. The highest BCUT2D eigenvalue weighted by Crippen LogP contribution is 2.08. The van der Waals surface area contributed by atoms with Gasteiger partial charge < -0.3 is 14.5 Å². The third-order valence-corrected chi connectivity index (χ3v) is 2.04. The molecule has 0 unspecified atom stereocenters. The summed E-state index contributed by atoms with van der Waals surface area (Å²) in [6, 6.07) is 3.96. The van der Waals surface area contributed by atoms with E-state index in [1.54, 1.807) is 7.11 Å². The lowest BCUT2D eigenvalue weighted by molar-refractivity contribution is 0.126. The van der Waals surface area contributed by atoms with Crippen LogP contribution >= 0.6 is 0 Å². The molecule has 0 aliphatic heterocycles. The summed E-state index contributed by atoms with van der Waals surface area (Å²) in [5, 5.41) is 3.37. The van der Waals surface area contributed by atoms with Gasteiger partial charge in [0, 0.05) is 12.6 Å². The molecule has 1 N–H and O–H groups in total. The second-order valence-electron chi connectivity index (χ2n) is 4.18. The molecule has 0 bridgehead atoms. The van der Waals surface area contributed by atoms with Crippen LogP contribution in [0.4, 0.5) is 0 Å². The number of methoxy groups -OCH3 is 1. The van der Waals surface area contributed by atoms with Crippen LogP contribution in [0.25, 0.3) is 0 Å². The molecular weight excluding hydrogens is 178 g/mol. The average Bonchev–Trinajstić information content (AvgIpc) is 2.48. The summed E-state index contributed by atoms with van der Waals surface area (Å²) in [5.74, 6) is 1.91. The van der Waals surface area contributed by atoms with Crippen molar-refractivity contribution >= 4 is 0 Å². The highest BCUT2D eigenvalue weighted by Gasteiger charge is 2.16. The standard InChI is InChI=1S/C11H19NO2/c1-9-5-6-10(14-9)7-12-11(2,3)8-13-4/h5-6,12H,7-8H2,1-4H3. The SMILES string of the molecule is COCC(C)(C)NCc1ccc(C)o1. The molecule has 0 spiro atoms. The van der Waals surface area contributed by atoms with E-state index >= 15 is 0 Å². The zero-order valence-corrected chi connectivity index (χ0v) is 9.39. The molecule has 80 valence electrons. The van der Waals surface area contributed by atoms with Gasteiger partial charge in [-0.2, -0.15) is 0 Å². The molecule has 0 amide bonds. The Morgan fingerprint density at radius 1 is 1.43 bits per heavy atom. The minimum atomic E-state index is -0.0184. The number of hydrogen-bond donors (Lipinski definition) is 1. The fourth-order valence-electron chi connectivity index (χ4n) is 1.32. The van der Waals surface area contributed by atoms with Gasteiger partial charge in [0.1, 0.15) is 11.5 Å². The largest absolute Gasteiger partial charge is 0.465 e. The quantitative estimate of drug-likeness (QED) is 0.785. The van der Waals surface area contributed by atoms with Crippen LogP contribution in [0, 0.1) is 6.92 Å². The molecular formula is C11H19NO2. The van der Waals surface area contributed by atoms with E-state index < -0.39 is 0 Å².